The summed E-state index contributed by atoms with van der Waals surface area (Å²) in [6, 6.07) is 0. The molecular formula is C9H12FN3. The highest BCUT2D eigenvalue weighted by atomic mass is 19.1. The quantitative estimate of drug-likeness (QED) is 0.749. The molecule has 1 aromatic heterocycles. The second kappa shape index (κ2) is 3.70. The maximum atomic E-state index is 12.9. The lowest BCUT2D eigenvalue weighted by atomic mass is 10.2. The molecule has 2 rings (SSSR count). The Bertz CT molecular complexity index is 292. The van der Waals surface area contributed by atoms with Crippen LogP contribution in [0.25, 0.3) is 0 Å². The van der Waals surface area contributed by atoms with Crippen LogP contribution in [0.15, 0.2) is 24.3 Å². The number of hydrogen-bond donors (Lipinski definition) is 1. The molecule has 1 aliphatic rings. The zero-order chi connectivity index (χ0) is 9.10. The number of halogens is 1. The topological polar surface area (TPSA) is 31.9 Å². The van der Waals surface area contributed by atoms with Gasteiger partial charge in [0.25, 0.3) is 0 Å². The summed E-state index contributed by atoms with van der Waals surface area (Å²) in [6.07, 6.45) is 5.95. The van der Waals surface area contributed by atoms with Crippen molar-refractivity contribution < 1.29 is 4.39 Å². The highest BCUT2D eigenvalue weighted by Gasteiger charge is 2.12. The number of aromatic nitrogens is 2. The summed E-state index contributed by atoms with van der Waals surface area (Å²) in [5, 5.41) is 0. The minimum atomic E-state index is -0.0298. The van der Waals surface area contributed by atoms with Gasteiger partial charge < -0.3 is 4.98 Å². The van der Waals surface area contributed by atoms with Gasteiger partial charge in [-0.3, -0.25) is 4.90 Å². The second-order valence-electron chi connectivity index (χ2n) is 3.19. The Morgan fingerprint density at radius 3 is 3.23 bits per heavy atom. The standard InChI is InChI=1S/C9H12FN3/c10-8-2-1-5-13(6-8)7-9-11-3-4-12-9/h2-4H,1,5-7H2,(H,11,12). The van der Waals surface area contributed by atoms with Gasteiger partial charge in [-0.15, -0.1) is 0 Å². The number of aromatic amines is 1. The van der Waals surface area contributed by atoms with Crippen molar-refractivity contribution in [3.63, 3.8) is 0 Å². The summed E-state index contributed by atoms with van der Waals surface area (Å²) in [5.74, 6) is 0.868. The molecule has 0 aromatic carbocycles. The van der Waals surface area contributed by atoms with Crippen LogP contribution in [0.4, 0.5) is 4.39 Å². The van der Waals surface area contributed by atoms with E-state index < -0.39 is 0 Å². The smallest absolute Gasteiger partial charge is 0.120 e. The van der Waals surface area contributed by atoms with E-state index in [0.29, 0.717) is 13.1 Å². The minimum absolute atomic E-state index is 0.0298. The van der Waals surface area contributed by atoms with Gasteiger partial charge in [0.15, 0.2) is 0 Å². The van der Waals surface area contributed by atoms with E-state index >= 15 is 0 Å². The van der Waals surface area contributed by atoms with E-state index in [-0.39, 0.29) is 5.83 Å². The third kappa shape index (κ3) is 2.15. The van der Waals surface area contributed by atoms with Gasteiger partial charge in [0.05, 0.1) is 13.1 Å². The third-order valence-electron chi connectivity index (χ3n) is 2.11. The van der Waals surface area contributed by atoms with E-state index in [1.165, 1.54) is 0 Å². The fraction of sp³-hybridized carbons (Fsp3) is 0.444. The minimum Gasteiger partial charge on any atom is -0.348 e. The van der Waals surface area contributed by atoms with Gasteiger partial charge in [-0.25, -0.2) is 9.37 Å². The van der Waals surface area contributed by atoms with Crippen LogP contribution >= 0.6 is 0 Å². The molecule has 2 heterocycles. The van der Waals surface area contributed by atoms with Crippen LogP contribution < -0.4 is 0 Å². The van der Waals surface area contributed by atoms with Crippen molar-refractivity contribution in [3.05, 3.63) is 30.1 Å². The number of nitrogens with one attached hydrogen (secondary N) is 1. The lowest BCUT2D eigenvalue weighted by Gasteiger charge is -2.22. The van der Waals surface area contributed by atoms with Crippen LogP contribution in [0.5, 0.6) is 0 Å². The maximum absolute atomic E-state index is 12.9. The highest BCUT2D eigenvalue weighted by Crippen LogP contribution is 2.11. The van der Waals surface area contributed by atoms with Gasteiger partial charge in [0, 0.05) is 18.9 Å². The van der Waals surface area contributed by atoms with E-state index in [1.807, 2.05) is 4.90 Å². The molecule has 1 aromatic rings. The van der Waals surface area contributed by atoms with Crippen LogP contribution in [0.1, 0.15) is 12.2 Å². The van der Waals surface area contributed by atoms with Crippen molar-refractivity contribution in [1.82, 2.24) is 14.9 Å². The van der Waals surface area contributed by atoms with Gasteiger partial charge >= 0.3 is 0 Å². The summed E-state index contributed by atoms with van der Waals surface area (Å²) >= 11 is 0. The van der Waals surface area contributed by atoms with Crippen molar-refractivity contribution in [2.75, 3.05) is 13.1 Å². The summed E-state index contributed by atoms with van der Waals surface area (Å²) in [5.41, 5.74) is 0. The molecule has 70 valence electrons. The van der Waals surface area contributed by atoms with Gasteiger partial charge in [0.2, 0.25) is 0 Å². The summed E-state index contributed by atoms with van der Waals surface area (Å²) in [6.45, 7) is 2.03. The Balaban J connectivity index is 1.93. The molecule has 0 amide bonds. The average molecular weight is 181 g/mol. The van der Waals surface area contributed by atoms with Crippen LogP contribution in [-0.4, -0.2) is 28.0 Å². The molecule has 1 aliphatic heterocycles. The Morgan fingerprint density at radius 1 is 1.62 bits per heavy atom. The molecule has 0 atom stereocenters. The normalized spacial score (nSPS) is 18.7. The maximum Gasteiger partial charge on any atom is 0.120 e. The molecule has 3 nitrogen and oxygen atoms in total. The first kappa shape index (κ1) is 8.44. The lowest BCUT2D eigenvalue weighted by Crippen LogP contribution is -2.28. The largest absolute Gasteiger partial charge is 0.348 e. The van der Waals surface area contributed by atoms with Crippen LogP contribution in [0, 0.1) is 0 Å². The first-order chi connectivity index (χ1) is 6.34. The fourth-order valence-corrected chi connectivity index (χ4v) is 1.49. The summed E-state index contributed by atoms with van der Waals surface area (Å²) in [7, 11) is 0. The highest BCUT2D eigenvalue weighted by molar-refractivity contribution is 5.00. The fourth-order valence-electron chi connectivity index (χ4n) is 1.49. The predicted octanol–water partition coefficient (Wildman–Crippen LogP) is 1.47. The van der Waals surface area contributed by atoms with Crippen molar-refractivity contribution in [3.8, 4) is 0 Å². The number of nitrogens with zero attached hydrogens (tertiary/aromatic N) is 2. The zero-order valence-corrected chi connectivity index (χ0v) is 7.33. The predicted molar refractivity (Wildman–Crippen MR) is 47.7 cm³/mol. The third-order valence-corrected chi connectivity index (χ3v) is 2.11. The van der Waals surface area contributed by atoms with E-state index in [4.69, 9.17) is 0 Å². The number of imidazole rings is 1. The first-order valence-electron chi connectivity index (χ1n) is 4.40. The molecule has 0 radical (unpaired) electrons. The molecule has 4 heteroatoms. The molecule has 0 aliphatic carbocycles. The van der Waals surface area contributed by atoms with Gasteiger partial charge in [-0.05, 0) is 6.42 Å². The van der Waals surface area contributed by atoms with E-state index in [1.54, 1.807) is 18.5 Å². The van der Waals surface area contributed by atoms with Crippen LogP contribution in [0.3, 0.4) is 0 Å². The van der Waals surface area contributed by atoms with Gasteiger partial charge in [-0.1, -0.05) is 6.08 Å². The van der Waals surface area contributed by atoms with E-state index in [9.17, 15) is 4.39 Å². The lowest BCUT2D eigenvalue weighted by molar-refractivity contribution is 0.254. The van der Waals surface area contributed by atoms with E-state index in [0.717, 1.165) is 18.8 Å². The zero-order valence-electron chi connectivity index (χ0n) is 7.33. The Labute approximate surface area is 76.3 Å². The molecular weight excluding hydrogens is 169 g/mol. The first-order valence-corrected chi connectivity index (χ1v) is 4.40. The summed E-state index contributed by atoms with van der Waals surface area (Å²) < 4.78 is 12.9. The molecule has 0 spiro atoms. The van der Waals surface area contributed by atoms with Crippen LogP contribution in [-0.2, 0) is 6.54 Å². The number of rotatable bonds is 2. The molecule has 1 N–H and O–H groups in total. The molecule has 13 heavy (non-hydrogen) atoms. The Morgan fingerprint density at radius 2 is 2.54 bits per heavy atom. The molecule has 0 bridgehead atoms. The Kier molecular flexibility index (Phi) is 2.40. The van der Waals surface area contributed by atoms with Crippen molar-refractivity contribution in [1.29, 1.82) is 0 Å². The molecule has 0 fully saturated rings. The SMILES string of the molecule is FC1=CCCN(Cc2ncc[nH]2)C1. The van der Waals surface area contributed by atoms with Gasteiger partial charge in [-0.2, -0.15) is 0 Å². The van der Waals surface area contributed by atoms with Gasteiger partial charge in [0.1, 0.15) is 11.7 Å². The van der Waals surface area contributed by atoms with E-state index in [2.05, 4.69) is 9.97 Å². The molecule has 0 saturated carbocycles. The monoisotopic (exact) mass is 181 g/mol. The molecule has 0 saturated heterocycles. The Hall–Kier alpha value is -1.16. The molecule has 0 unspecified atom stereocenters. The number of H-pyrrole nitrogens is 1. The summed E-state index contributed by atoms with van der Waals surface area (Å²) in [4.78, 5) is 9.14. The second-order valence-corrected chi connectivity index (χ2v) is 3.19. The van der Waals surface area contributed by atoms with Crippen LogP contribution in [0.2, 0.25) is 0 Å². The van der Waals surface area contributed by atoms with Crippen molar-refractivity contribution in [2.24, 2.45) is 0 Å². The van der Waals surface area contributed by atoms with Crippen molar-refractivity contribution >= 4 is 0 Å². The average Bonchev–Trinajstić information content (AvgIpc) is 2.57. The van der Waals surface area contributed by atoms with Crippen molar-refractivity contribution in [2.45, 2.75) is 13.0 Å². The number of hydrogen-bond acceptors (Lipinski definition) is 2.